The predicted octanol–water partition coefficient (Wildman–Crippen LogP) is 2.23. The second-order valence-corrected chi connectivity index (χ2v) is 15.4. The number of unbranched alkanes of at least 4 members (excludes halogenated alkanes) is 2. The fourth-order valence-corrected chi connectivity index (χ4v) is 4.97. The fraction of sp³-hybridized carbons (Fsp3) is 0.650. The van der Waals surface area contributed by atoms with E-state index < -0.39 is 96.5 Å². The summed E-state index contributed by atoms with van der Waals surface area (Å²) in [7, 11) is 0. The number of aliphatic hydroxyl groups excluding tert-OH is 1. The standard InChI is InChI=1S/C40H63N5O13/c1-8-9-23-55-33(49)21-19-30(37(53)56-26-27-15-11-10-12-16-27)44-31(47)20-18-29(35(51)42-24-34(50)57-39(2,3)4)45-36(52)28(43-32(48)25-46)17-13-14-22-41-38(54)58-40(5,6)7/h10-12,15-16,28-30,46H,8-9,13-14,17-26H2,1-7H3,(H,41,54)(H,42,51)(H,43,48)(H,44,47)(H,45,52). The van der Waals surface area contributed by atoms with Crippen molar-refractivity contribution in [2.75, 3.05) is 26.3 Å². The van der Waals surface area contributed by atoms with Gasteiger partial charge in [0.25, 0.3) is 0 Å². The SMILES string of the molecule is CCCCOC(=O)CCC(NC(=O)CCC(NC(=O)C(CCCCNC(=O)OC(C)(C)C)NC(=O)CO)C(=O)NCC(=O)OC(C)(C)C)C(=O)OCc1ccccc1. The lowest BCUT2D eigenvalue weighted by Gasteiger charge is -2.24. The molecule has 5 amide bonds. The molecule has 0 radical (unpaired) electrons. The maximum Gasteiger partial charge on any atom is 0.407 e. The summed E-state index contributed by atoms with van der Waals surface area (Å²) in [4.78, 5) is 102. The minimum atomic E-state index is -1.43. The Morgan fingerprint density at radius 2 is 1.28 bits per heavy atom. The van der Waals surface area contributed by atoms with E-state index >= 15 is 0 Å². The summed E-state index contributed by atoms with van der Waals surface area (Å²) < 4.78 is 21.0. The normalized spacial score (nSPS) is 12.8. The molecule has 0 aliphatic rings. The van der Waals surface area contributed by atoms with Crippen LogP contribution in [0.25, 0.3) is 0 Å². The summed E-state index contributed by atoms with van der Waals surface area (Å²) in [5.41, 5.74) is -0.849. The Morgan fingerprint density at radius 1 is 0.655 bits per heavy atom. The van der Waals surface area contributed by atoms with E-state index in [0.29, 0.717) is 24.8 Å². The smallest absolute Gasteiger partial charge is 0.407 e. The molecule has 0 saturated heterocycles. The lowest BCUT2D eigenvalue weighted by molar-refractivity contribution is -0.154. The minimum absolute atomic E-state index is 0.0357. The highest BCUT2D eigenvalue weighted by Gasteiger charge is 2.30. The molecule has 0 aliphatic heterocycles. The van der Waals surface area contributed by atoms with Crippen molar-refractivity contribution in [3.05, 3.63) is 35.9 Å². The van der Waals surface area contributed by atoms with Crippen LogP contribution in [0.3, 0.4) is 0 Å². The average molecular weight is 822 g/mol. The Kier molecular flexibility index (Phi) is 23.3. The number of esters is 3. The van der Waals surface area contributed by atoms with Crippen LogP contribution in [0.1, 0.15) is 112 Å². The van der Waals surface area contributed by atoms with Crippen molar-refractivity contribution in [1.29, 1.82) is 0 Å². The van der Waals surface area contributed by atoms with Crippen LogP contribution < -0.4 is 26.6 Å². The third kappa shape index (κ3) is 24.4. The molecule has 18 heteroatoms. The van der Waals surface area contributed by atoms with Crippen LogP contribution in [-0.2, 0) is 59.1 Å². The van der Waals surface area contributed by atoms with Gasteiger partial charge in [0.2, 0.25) is 23.6 Å². The summed E-state index contributed by atoms with van der Waals surface area (Å²) >= 11 is 0. The van der Waals surface area contributed by atoms with Gasteiger partial charge in [-0.05, 0) is 85.6 Å². The number of aliphatic hydroxyl groups is 1. The Hall–Kier alpha value is -5.26. The molecule has 58 heavy (non-hydrogen) atoms. The van der Waals surface area contributed by atoms with Gasteiger partial charge in [-0.2, -0.15) is 0 Å². The van der Waals surface area contributed by atoms with Gasteiger partial charge >= 0.3 is 24.0 Å². The van der Waals surface area contributed by atoms with Crippen molar-refractivity contribution in [3.63, 3.8) is 0 Å². The molecule has 0 spiro atoms. The van der Waals surface area contributed by atoms with Gasteiger partial charge in [-0.25, -0.2) is 9.59 Å². The Balaban J connectivity index is 3.12. The van der Waals surface area contributed by atoms with E-state index in [9.17, 15) is 43.5 Å². The van der Waals surface area contributed by atoms with Gasteiger partial charge in [0, 0.05) is 19.4 Å². The van der Waals surface area contributed by atoms with Gasteiger partial charge < -0.3 is 50.6 Å². The number of nitrogens with one attached hydrogen (secondary N) is 5. The van der Waals surface area contributed by atoms with Gasteiger partial charge in [-0.3, -0.25) is 28.8 Å². The molecule has 3 unspecified atom stereocenters. The van der Waals surface area contributed by atoms with Crippen LogP contribution >= 0.6 is 0 Å². The van der Waals surface area contributed by atoms with Crippen molar-refractivity contribution in [2.24, 2.45) is 0 Å². The Bertz CT molecular complexity index is 1490. The summed E-state index contributed by atoms with van der Waals surface area (Å²) in [6, 6.07) is 4.90. The zero-order valence-electron chi connectivity index (χ0n) is 34.9. The highest BCUT2D eigenvalue weighted by molar-refractivity contribution is 5.93. The number of alkyl carbamates (subject to hydrolysis) is 1. The first-order chi connectivity index (χ1) is 27.2. The largest absolute Gasteiger partial charge is 0.466 e. The number of hydrogen-bond acceptors (Lipinski definition) is 13. The molecule has 3 atom stereocenters. The first kappa shape index (κ1) is 50.8. The van der Waals surface area contributed by atoms with Gasteiger partial charge in [0.1, 0.15) is 49.1 Å². The van der Waals surface area contributed by atoms with Crippen LogP contribution in [0.15, 0.2) is 30.3 Å². The molecular formula is C40H63N5O13. The van der Waals surface area contributed by atoms with Crippen LogP contribution in [0.5, 0.6) is 0 Å². The molecular weight excluding hydrogens is 758 g/mol. The zero-order chi connectivity index (χ0) is 43.7. The van der Waals surface area contributed by atoms with Gasteiger partial charge in [0.15, 0.2) is 0 Å². The van der Waals surface area contributed by atoms with Gasteiger partial charge in [0.05, 0.1) is 6.61 Å². The number of carbonyl (C=O) groups excluding carboxylic acids is 8. The van der Waals surface area contributed by atoms with E-state index in [0.717, 1.165) is 6.42 Å². The monoisotopic (exact) mass is 821 g/mol. The second kappa shape index (κ2) is 26.6. The maximum atomic E-state index is 13.5. The molecule has 1 rings (SSSR count). The molecule has 0 saturated carbocycles. The Labute approximate surface area is 340 Å². The Morgan fingerprint density at radius 3 is 1.90 bits per heavy atom. The van der Waals surface area contributed by atoms with Crippen LogP contribution in [0.2, 0.25) is 0 Å². The van der Waals surface area contributed by atoms with Crippen molar-refractivity contribution >= 4 is 47.6 Å². The maximum absolute atomic E-state index is 13.5. The summed E-state index contributed by atoms with van der Waals surface area (Å²) in [6.07, 6.45) is 0.491. The van der Waals surface area contributed by atoms with Crippen LogP contribution in [0.4, 0.5) is 4.79 Å². The summed E-state index contributed by atoms with van der Waals surface area (Å²) in [5, 5.41) is 21.8. The third-order valence-corrected chi connectivity index (χ3v) is 7.74. The van der Waals surface area contributed by atoms with Crippen LogP contribution in [0, 0.1) is 0 Å². The topological polar surface area (TPSA) is 254 Å². The van der Waals surface area contributed by atoms with Gasteiger partial charge in [-0.15, -0.1) is 0 Å². The van der Waals surface area contributed by atoms with Crippen molar-refractivity contribution in [2.45, 2.75) is 142 Å². The van der Waals surface area contributed by atoms with E-state index in [1.807, 2.05) is 6.92 Å². The van der Waals surface area contributed by atoms with Crippen molar-refractivity contribution in [1.82, 2.24) is 26.6 Å². The van der Waals surface area contributed by atoms with Crippen molar-refractivity contribution in [3.8, 4) is 0 Å². The second-order valence-electron chi connectivity index (χ2n) is 15.4. The molecule has 0 bridgehead atoms. The van der Waals surface area contributed by atoms with E-state index in [-0.39, 0.29) is 45.4 Å². The summed E-state index contributed by atoms with van der Waals surface area (Å²) in [6.45, 7) is 10.8. The lowest BCUT2D eigenvalue weighted by atomic mass is 10.1. The van der Waals surface area contributed by atoms with Gasteiger partial charge in [-0.1, -0.05) is 43.7 Å². The third-order valence-electron chi connectivity index (χ3n) is 7.74. The number of ether oxygens (including phenoxy) is 4. The number of hydrogen-bond donors (Lipinski definition) is 6. The molecule has 0 aliphatic carbocycles. The first-order valence-corrected chi connectivity index (χ1v) is 19.6. The molecule has 6 N–H and O–H groups in total. The number of benzene rings is 1. The zero-order valence-corrected chi connectivity index (χ0v) is 34.9. The predicted molar refractivity (Wildman–Crippen MR) is 210 cm³/mol. The van der Waals surface area contributed by atoms with Crippen molar-refractivity contribution < 1.29 is 62.4 Å². The molecule has 0 heterocycles. The highest BCUT2D eigenvalue weighted by atomic mass is 16.6. The van der Waals surface area contributed by atoms with E-state index in [2.05, 4.69) is 26.6 Å². The fourth-order valence-electron chi connectivity index (χ4n) is 4.97. The molecule has 18 nitrogen and oxygen atoms in total. The average Bonchev–Trinajstić information content (AvgIpc) is 3.14. The molecule has 1 aromatic carbocycles. The first-order valence-electron chi connectivity index (χ1n) is 19.6. The highest BCUT2D eigenvalue weighted by Crippen LogP contribution is 2.11. The lowest BCUT2D eigenvalue weighted by Crippen LogP contribution is -2.55. The molecule has 1 aromatic rings. The van der Waals surface area contributed by atoms with E-state index in [1.54, 1.807) is 71.9 Å². The number of carbonyl (C=O) groups is 8. The molecule has 0 fully saturated rings. The quantitative estimate of drug-likeness (QED) is 0.0471. The molecule has 0 aromatic heterocycles. The molecule has 326 valence electrons. The van der Waals surface area contributed by atoms with E-state index in [1.165, 1.54) is 0 Å². The number of rotatable bonds is 25. The van der Waals surface area contributed by atoms with Crippen LogP contribution in [-0.4, -0.2) is 108 Å². The summed E-state index contributed by atoms with van der Waals surface area (Å²) in [5.74, 6) is -5.39. The number of amides is 5. The minimum Gasteiger partial charge on any atom is -0.466 e. The van der Waals surface area contributed by atoms with E-state index in [4.69, 9.17) is 18.9 Å².